The van der Waals surface area contributed by atoms with Gasteiger partial charge in [-0.3, -0.25) is 0 Å². The summed E-state index contributed by atoms with van der Waals surface area (Å²) < 4.78 is 5.93. The van der Waals surface area contributed by atoms with Crippen LogP contribution < -0.4 is 5.73 Å². The van der Waals surface area contributed by atoms with Gasteiger partial charge in [-0.1, -0.05) is 25.3 Å². The maximum absolute atomic E-state index is 6.12. The lowest BCUT2D eigenvalue weighted by molar-refractivity contribution is 0.0334. The van der Waals surface area contributed by atoms with Gasteiger partial charge in [-0.2, -0.15) is 0 Å². The molecule has 1 aliphatic rings. The fraction of sp³-hybridized carbons (Fsp3) is 0.692. The van der Waals surface area contributed by atoms with Gasteiger partial charge in [0.05, 0.1) is 12.7 Å². The molecular formula is C13H21NOS. The predicted octanol–water partition coefficient (Wildman–Crippen LogP) is 2.97. The maximum atomic E-state index is 6.12. The molecule has 1 heterocycles. The molecule has 90 valence electrons. The number of ether oxygens (including phenoxy) is 1. The van der Waals surface area contributed by atoms with Crippen LogP contribution >= 0.6 is 11.3 Å². The van der Waals surface area contributed by atoms with Crippen molar-refractivity contribution in [2.75, 3.05) is 6.61 Å². The van der Waals surface area contributed by atoms with Crippen LogP contribution in [0.25, 0.3) is 0 Å². The third-order valence-corrected chi connectivity index (χ3v) is 4.20. The minimum Gasteiger partial charge on any atom is -0.376 e. The SMILES string of the molecule is NC1CCCCCC1OCCc1cccs1. The molecule has 0 saturated heterocycles. The van der Waals surface area contributed by atoms with Crippen molar-refractivity contribution in [1.82, 2.24) is 0 Å². The molecule has 16 heavy (non-hydrogen) atoms. The van der Waals surface area contributed by atoms with Crippen LogP contribution in [0.15, 0.2) is 17.5 Å². The van der Waals surface area contributed by atoms with Crippen LogP contribution in [-0.2, 0) is 11.2 Å². The summed E-state index contributed by atoms with van der Waals surface area (Å²) in [7, 11) is 0. The third kappa shape index (κ3) is 3.58. The Balaban J connectivity index is 1.71. The summed E-state index contributed by atoms with van der Waals surface area (Å²) in [6, 6.07) is 4.52. The van der Waals surface area contributed by atoms with Crippen molar-refractivity contribution in [1.29, 1.82) is 0 Å². The topological polar surface area (TPSA) is 35.2 Å². The van der Waals surface area contributed by atoms with E-state index in [4.69, 9.17) is 10.5 Å². The number of thiophene rings is 1. The molecule has 2 N–H and O–H groups in total. The van der Waals surface area contributed by atoms with Gasteiger partial charge in [0.2, 0.25) is 0 Å². The lowest BCUT2D eigenvalue weighted by Gasteiger charge is -2.21. The normalized spacial score (nSPS) is 26.6. The second kappa shape index (κ2) is 6.38. The molecular weight excluding hydrogens is 218 g/mol. The highest BCUT2D eigenvalue weighted by atomic mass is 32.1. The van der Waals surface area contributed by atoms with Crippen LogP contribution in [0.2, 0.25) is 0 Å². The smallest absolute Gasteiger partial charge is 0.0726 e. The standard InChI is InChI=1S/C13H21NOS/c14-12-6-2-1-3-7-13(12)15-9-8-11-5-4-10-16-11/h4-5,10,12-13H,1-3,6-9,14H2. The van der Waals surface area contributed by atoms with E-state index in [1.165, 1.54) is 24.1 Å². The van der Waals surface area contributed by atoms with Gasteiger partial charge >= 0.3 is 0 Å². The molecule has 0 aromatic carbocycles. The molecule has 1 saturated carbocycles. The Hall–Kier alpha value is -0.380. The van der Waals surface area contributed by atoms with Gasteiger partial charge < -0.3 is 10.5 Å². The van der Waals surface area contributed by atoms with Gasteiger partial charge in [-0.15, -0.1) is 11.3 Å². The van der Waals surface area contributed by atoms with E-state index in [0.717, 1.165) is 25.9 Å². The summed E-state index contributed by atoms with van der Waals surface area (Å²) in [4.78, 5) is 1.40. The first-order valence-corrected chi connectivity index (χ1v) is 7.14. The second-order valence-corrected chi connectivity index (χ2v) is 5.57. The second-order valence-electron chi connectivity index (χ2n) is 4.54. The van der Waals surface area contributed by atoms with Crippen LogP contribution in [0.4, 0.5) is 0 Å². The molecule has 2 nitrogen and oxygen atoms in total. The maximum Gasteiger partial charge on any atom is 0.0726 e. The monoisotopic (exact) mass is 239 g/mol. The van der Waals surface area contributed by atoms with Gasteiger partial charge in [0, 0.05) is 17.3 Å². The van der Waals surface area contributed by atoms with E-state index in [0.29, 0.717) is 6.10 Å². The van der Waals surface area contributed by atoms with E-state index >= 15 is 0 Å². The van der Waals surface area contributed by atoms with Crippen LogP contribution in [0.1, 0.15) is 37.0 Å². The quantitative estimate of drug-likeness (QED) is 0.820. The predicted molar refractivity (Wildman–Crippen MR) is 68.8 cm³/mol. The molecule has 0 amide bonds. The van der Waals surface area contributed by atoms with Gasteiger partial charge in [-0.05, 0) is 24.3 Å². The highest BCUT2D eigenvalue weighted by molar-refractivity contribution is 7.09. The van der Waals surface area contributed by atoms with Gasteiger partial charge in [0.25, 0.3) is 0 Å². The summed E-state index contributed by atoms with van der Waals surface area (Å²) in [5, 5.41) is 2.12. The van der Waals surface area contributed by atoms with Crippen molar-refractivity contribution < 1.29 is 4.74 Å². The van der Waals surface area contributed by atoms with Crippen molar-refractivity contribution in [2.24, 2.45) is 5.73 Å². The number of hydrogen-bond acceptors (Lipinski definition) is 3. The summed E-state index contributed by atoms with van der Waals surface area (Å²) in [6.45, 7) is 0.818. The molecule has 0 aliphatic heterocycles. The highest BCUT2D eigenvalue weighted by Gasteiger charge is 2.20. The minimum atomic E-state index is 0.255. The van der Waals surface area contributed by atoms with Crippen molar-refractivity contribution >= 4 is 11.3 Å². The Bertz CT molecular complexity index is 286. The first-order chi connectivity index (χ1) is 7.86. The summed E-state index contributed by atoms with van der Waals surface area (Å²) in [6.07, 6.45) is 7.46. The Morgan fingerprint density at radius 3 is 3.00 bits per heavy atom. The molecule has 0 spiro atoms. The van der Waals surface area contributed by atoms with E-state index in [2.05, 4.69) is 17.5 Å². The summed E-state index contributed by atoms with van der Waals surface area (Å²) >= 11 is 1.80. The molecule has 2 atom stereocenters. The lowest BCUT2D eigenvalue weighted by Crippen LogP contribution is -2.36. The van der Waals surface area contributed by atoms with Gasteiger partial charge in [-0.25, -0.2) is 0 Å². The minimum absolute atomic E-state index is 0.255. The number of nitrogens with two attached hydrogens (primary N) is 1. The highest BCUT2D eigenvalue weighted by Crippen LogP contribution is 2.19. The van der Waals surface area contributed by atoms with Gasteiger partial charge in [0.15, 0.2) is 0 Å². The Labute approximate surface area is 102 Å². The molecule has 1 aromatic heterocycles. The third-order valence-electron chi connectivity index (χ3n) is 3.26. The molecule has 0 bridgehead atoms. The molecule has 1 fully saturated rings. The van der Waals surface area contributed by atoms with Crippen molar-refractivity contribution in [2.45, 2.75) is 50.7 Å². The molecule has 2 rings (SSSR count). The zero-order valence-corrected chi connectivity index (χ0v) is 10.5. The largest absolute Gasteiger partial charge is 0.376 e. The fourth-order valence-electron chi connectivity index (χ4n) is 2.27. The summed E-state index contributed by atoms with van der Waals surface area (Å²) in [5.41, 5.74) is 6.12. The molecule has 1 aromatic rings. The summed E-state index contributed by atoms with van der Waals surface area (Å²) in [5.74, 6) is 0. The van der Waals surface area contributed by atoms with Crippen LogP contribution in [-0.4, -0.2) is 18.8 Å². The van der Waals surface area contributed by atoms with E-state index in [1.807, 2.05) is 0 Å². The van der Waals surface area contributed by atoms with Crippen molar-refractivity contribution in [3.05, 3.63) is 22.4 Å². The molecule has 1 aliphatic carbocycles. The first kappa shape index (κ1) is 12.1. The number of rotatable bonds is 4. The van der Waals surface area contributed by atoms with E-state index in [-0.39, 0.29) is 6.04 Å². The molecule has 0 radical (unpaired) electrons. The van der Waals surface area contributed by atoms with E-state index < -0.39 is 0 Å². The van der Waals surface area contributed by atoms with Crippen LogP contribution in [0.5, 0.6) is 0 Å². The first-order valence-electron chi connectivity index (χ1n) is 6.26. The Kier molecular flexibility index (Phi) is 4.82. The Morgan fingerprint density at radius 1 is 1.31 bits per heavy atom. The fourth-order valence-corrected chi connectivity index (χ4v) is 2.97. The van der Waals surface area contributed by atoms with E-state index in [1.54, 1.807) is 11.3 Å². The van der Waals surface area contributed by atoms with Crippen LogP contribution in [0, 0.1) is 0 Å². The average Bonchev–Trinajstić information content (AvgIpc) is 2.71. The zero-order valence-electron chi connectivity index (χ0n) is 9.73. The van der Waals surface area contributed by atoms with E-state index in [9.17, 15) is 0 Å². The molecule has 3 heteroatoms. The van der Waals surface area contributed by atoms with Crippen molar-refractivity contribution in [3.63, 3.8) is 0 Å². The number of hydrogen-bond donors (Lipinski definition) is 1. The molecule has 2 unspecified atom stereocenters. The average molecular weight is 239 g/mol. The van der Waals surface area contributed by atoms with Gasteiger partial charge in [0.1, 0.15) is 0 Å². The Morgan fingerprint density at radius 2 is 2.19 bits per heavy atom. The lowest BCUT2D eigenvalue weighted by atomic mass is 10.1. The zero-order chi connectivity index (χ0) is 11.2. The van der Waals surface area contributed by atoms with Crippen molar-refractivity contribution in [3.8, 4) is 0 Å². The van der Waals surface area contributed by atoms with Crippen LogP contribution in [0.3, 0.4) is 0 Å².